The molecule has 0 saturated heterocycles. The second-order valence-corrected chi connectivity index (χ2v) is 5.57. The summed E-state index contributed by atoms with van der Waals surface area (Å²) >= 11 is 8.71. The number of amides is 2. The van der Waals surface area contributed by atoms with E-state index in [0.717, 1.165) is 0 Å². The molecule has 2 amide bonds. The lowest BCUT2D eigenvalue weighted by molar-refractivity contribution is 0.262. The van der Waals surface area contributed by atoms with Crippen molar-refractivity contribution in [3.63, 3.8) is 0 Å². The van der Waals surface area contributed by atoms with Gasteiger partial charge < -0.3 is 20.3 Å². The van der Waals surface area contributed by atoms with Crippen molar-refractivity contribution in [1.82, 2.24) is 4.98 Å². The molecule has 0 aliphatic heterocycles. The Balaban J connectivity index is 2.21. The minimum atomic E-state index is -2.75. The summed E-state index contributed by atoms with van der Waals surface area (Å²) in [5.74, 6) is -0.659. The topological polar surface area (TPSA) is 114 Å². The Kier molecular flexibility index (Phi) is 5.19. The summed E-state index contributed by atoms with van der Waals surface area (Å²) in [6, 6.07) is 4.85. The molecule has 3 N–H and O–H groups in total. The number of nitrogens with one attached hydrogen (secondary N) is 2. The predicted molar refractivity (Wildman–Crippen MR) is 82.2 cm³/mol. The smallest absolute Gasteiger partial charge is 0.323 e. The van der Waals surface area contributed by atoms with Gasteiger partial charge in [-0.3, -0.25) is 4.21 Å². The molecule has 22 heavy (non-hydrogen) atoms. The van der Waals surface area contributed by atoms with Gasteiger partial charge in [-0.2, -0.15) is 0 Å². The van der Waals surface area contributed by atoms with E-state index in [2.05, 4.69) is 15.6 Å². The number of urea groups is 1. The zero-order valence-corrected chi connectivity index (χ0v) is 13.0. The molecule has 2 rings (SSSR count). The van der Waals surface area contributed by atoms with Crippen molar-refractivity contribution < 1.29 is 18.7 Å². The van der Waals surface area contributed by atoms with Crippen molar-refractivity contribution in [2.75, 3.05) is 10.6 Å². The van der Waals surface area contributed by atoms with Gasteiger partial charge in [0.25, 0.3) is 0 Å². The maximum atomic E-state index is 11.8. The number of rotatable bonds is 3. The van der Waals surface area contributed by atoms with Crippen LogP contribution in [0.25, 0.3) is 0 Å². The molecule has 2 aromatic rings. The third-order valence-electron chi connectivity index (χ3n) is 2.51. The van der Waals surface area contributed by atoms with Crippen molar-refractivity contribution in [3.8, 4) is 5.75 Å². The van der Waals surface area contributed by atoms with Crippen LogP contribution in [0.3, 0.4) is 0 Å². The number of carbonyl (C=O) groups excluding carboxylic acids is 1. The number of phenols is 1. The van der Waals surface area contributed by atoms with E-state index in [4.69, 9.17) is 23.2 Å². The Morgan fingerprint density at radius 2 is 1.91 bits per heavy atom. The van der Waals surface area contributed by atoms with Gasteiger partial charge in [0, 0.05) is 6.20 Å². The molecule has 0 aliphatic carbocycles. The molecule has 0 saturated carbocycles. The van der Waals surface area contributed by atoms with Crippen molar-refractivity contribution in [1.29, 1.82) is 0 Å². The highest BCUT2D eigenvalue weighted by molar-refractivity contribution is 7.79. The summed E-state index contributed by atoms with van der Waals surface area (Å²) in [6.07, 6.45) is 1.45. The van der Waals surface area contributed by atoms with Crippen molar-refractivity contribution in [2.45, 2.75) is 4.90 Å². The van der Waals surface area contributed by atoms with Gasteiger partial charge in [0.15, 0.2) is 10.9 Å². The molecular weight excluding hydrogens is 353 g/mol. The second kappa shape index (κ2) is 6.93. The number of phenolic OH excluding ortho intramolecular Hbond substituents is 1. The molecule has 0 bridgehead atoms. The normalized spacial score (nSPS) is 11.8. The number of pyridine rings is 1. The standard InChI is InChI=1S/C12H9Cl2N3O4S/c13-6-3-4-7(9(18)10(6)22(20)21)16-12(19)17-8-2-1-5-15-11(8)14/h1-5,18H,(H,20,21)(H2,16,17,19)/p-1. The van der Waals surface area contributed by atoms with Crippen LogP contribution in [0.4, 0.5) is 16.2 Å². The highest BCUT2D eigenvalue weighted by Gasteiger charge is 2.15. The summed E-state index contributed by atoms with van der Waals surface area (Å²) in [5, 5.41) is 14.5. The van der Waals surface area contributed by atoms with E-state index in [1.165, 1.54) is 24.4 Å². The molecule has 116 valence electrons. The molecule has 0 spiro atoms. The molecule has 1 aromatic carbocycles. The molecule has 0 aliphatic rings. The first-order chi connectivity index (χ1) is 10.4. The van der Waals surface area contributed by atoms with Crippen molar-refractivity contribution >= 4 is 51.7 Å². The zero-order valence-electron chi connectivity index (χ0n) is 10.7. The molecular formula is C12H8Cl2N3O4S-. The van der Waals surface area contributed by atoms with E-state index < -0.39 is 27.8 Å². The fourth-order valence-corrected chi connectivity index (χ4v) is 2.56. The lowest BCUT2D eigenvalue weighted by atomic mass is 10.3. The number of nitrogens with zero attached hydrogens (tertiary/aromatic N) is 1. The van der Waals surface area contributed by atoms with Gasteiger partial charge in [-0.25, -0.2) is 9.78 Å². The van der Waals surface area contributed by atoms with Crippen LogP contribution >= 0.6 is 23.2 Å². The number of aromatic nitrogens is 1. The molecule has 0 fully saturated rings. The van der Waals surface area contributed by atoms with E-state index in [-0.39, 0.29) is 21.6 Å². The molecule has 1 unspecified atom stereocenters. The fourth-order valence-electron chi connectivity index (χ4n) is 1.56. The van der Waals surface area contributed by atoms with E-state index in [1.54, 1.807) is 6.07 Å². The number of anilines is 2. The number of hydrogen-bond acceptors (Lipinski definition) is 5. The minimum absolute atomic E-state index is 0.0827. The van der Waals surface area contributed by atoms with Gasteiger partial charge in [-0.1, -0.05) is 23.2 Å². The van der Waals surface area contributed by atoms with Gasteiger partial charge in [0.05, 0.1) is 21.3 Å². The summed E-state index contributed by atoms with van der Waals surface area (Å²) in [6.45, 7) is 0. The summed E-state index contributed by atoms with van der Waals surface area (Å²) < 4.78 is 22.0. The van der Waals surface area contributed by atoms with Crippen LogP contribution in [0.15, 0.2) is 35.4 Å². The van der Waals surface area contributed by atoms with Gasteiger partial charge in [0.1, 0.15) is 0 Å². The number of aromatic hydroxyl groups is 1. The quantitative estimate of drug-likeness (QED) is 0.442. The SMILES string of the molecule is O=C(Nc1cccnc1Cl)Nc1ccc(Cl)c(S(=O)[O-])c1O. The summed E-state index contributed by atoms with van der Waals surface area (Å²) in [5.41, 5.74) is 0.129. The molecule has 1 heterocycles. The number of hydrogen-bond donors (Lipinski definition) is 3. The number of carbonyl (C=O) groups is 1. The molecule has 1 aromatic heterocycles. The number of halogens is 2. The van der Waals surface area contributed by atoms with E-state index in [0.29, 0.717) is 0 Å². The van der Waals surface area contributed by atoms with Crippen LogP contribution in [0.5, 0.6) is 5.75 Å². The first-order valence-electron chi connectivity index (χ1n) is 5.69. The van der Waals surface area contributed by atoms with E-state index in [1.807, 2.05) is 0 Å². The van der Waals surface area contributed by atoms with Crippen LogP contribution in [0.2, 0.25) is 10.2 Å². The van der Waals surface area contributed by atoms with Crippen LogP contribution in [0, 0.1) is 0 Å². The van der Waals surface area contributed by atoms with Crippen molar-refractivity contribution in [3.05, 3.63) is 40.6 Å². The summed E-state index contributed by atoms with van der Waals surface area (Å²) in [7, 11) is 0. The fraction of sp³-hybridized carbons (Fsp3) is 0. The molecule has 1 atom stereocenters. The Bertz CT molecular complexity index is 757. The van der Waals surface area contributed by atoms with Crippen LogP contribution in [-0.4, -0.2) is 24.9 Å². The number of benzene rings is 1. The Labute approximate surface area is 137 Å². The highest BCUT2D eigenvalue weighted by atomic mass is 35.5. The zero-order chi connectivity index (χ0) is 16.3. The first-order valence-corrected chi connectivity index (χ1v) is 7.52. The average Bonchev–Trinajstić information content (AvgIpc) is 2.44. The van der Waals surface area contributed by atoms with Crippen molar-refractivity contribution in [2.24, 2.45) is 0 Å². The van der Waals surface area contributed by atoms with Gasteiger partial charge >= 0.3 is 6.03 Å². The third-order valence-corrected chi connectivity index (χ3v) is 3.98. The second-order valence-electron chi connectivity index (χ2n) is 3.93. The van der Waals surface area contributed by atoms with E-state index >= 15 is 0 Å². The van der Waals surface area contributed by atoms with Crippen LogP contribution < -0.4 is 10.6 Å². The maximum absolute atomic E-state index is 11.8. The largest absolute Gasteiger partial charge is 0.768 e. The lowest BCUT2D eigenvalue weighted by Crippen LogP contribution is -2.20. The van der Waals surface area contributed by atoms with Gasteiger partial charge in [-0.05, 0) is 35.3 Å². The molecule has 0 radical (unpaired) electrons. The van der Waals surface area contributed by atoms with Gasteiger partial charge in [0.2, 0.25) is 0 Å². The first kappa shape index (κ1) is 16.5. The predicted octanol–water partition coefficient (Wildman–Crippen LogP) is 2.98. The highest BCUT2D eigenvalue weighted by Crippen LogP contribution is 2.35. The molecule has 10 heteroatoms. The monoisotopic (exact) mass is 360 g/mol. The van der Waals surface area contributed by atoms with E-state index in [9.17, 15) is 18.7 Å². The van der Waals surface area contributed by atoms with Gasteiger partial charge in [-0.15, -0.1) is 0 Å². The molecule has 7 nitrogen and oxygen atoms in total. The Hall–Kier alpha value is -1.87. The average molecular weight is 361 g/mol. The maximum Gasteiger partial charge on any atom is 0.323 e. The lowest BCUT2D eigenvalue weighted by Gasteiger charge is -2.14. The third kappa shape index (κ3) is 3.66. The minimum Gasteiger partial charge on any atom is -0.768 e. The van der Waals surface area contributed by atoms with Crippen LogP contribution in [0.1, 0.15) is 0 Å². The Morgan fingerprint density at radius 3 is 2.55 bits per heavy atom. The summed E-state index contributed by atoms with van der Waals surface area (Å²) in [4.78, 5) is 15.1. The van der Waals surface area contributed by atoms with Crippen LogP contribution in [-0.2, 0) is 11.1 Å². The Morgan fingerprint density at radius 1 is 1.23 bits per heavy atom.